The summed E-state index contributed by atoms with van der Waals surface area (Å²) in [6.07, 6.45) is -2.78. The van der Waals surface area contributed by atoms with E-state index in [4.69, 9.17) is 10.5 Å². The lowest BCUT2D eigenvalue weighted by Gasteiger charge is -2.40. The molecule has 2 aliphatic rings. The Kier molecular flexibility index (Phi) is 5.23. The lowest BCUT2D eigenvalue weighted by molar-refractivity contribution is -0.150. The number of pyridine rings is 1. The third-order valence-electron chi connectivity index (χ3n) is 5.76. The molecule has 0 bridgehead atoms. The van der Waals surface area contributed by atoms with Gasteiger partial charge in [0, 0.05) is 25.9 Å². The number of amides is 1. The normalized spacial score (nSPS) is 17.8. The molecule has 1 saturated heterocycles. The number of halogens is 3. The van der Waals surface area contributed by atoms with Crippen molar-refractivity contribution in [1.29, 1.82) is 0 Å². The van der Waals surface area contributed by atoms with Crippen LogP contribution in [0.15, 0.2) is 17.2 Å². The summed E-state index contributed by atoms with van der Waals surface area (Å²) in [6.45, 7) is 0.811. The number of nitrogens with zero attached hydrogens (tertiary/aromatic N) is 4. The summed E-state index contributed by atoms with van der Waals surface area (Å²) >= 11 is 0. The largest absolute Gasteiger partial charge is 0.490 e. The summed E-state index contributed by atoms with van der Waals surface area (Å²) in [7, 11) is 1.38. The molecule has 32 heavy (non-hydrogen) atoms. The van der Waals surface area contributed by atoms with Gasteiger partial charge in [-0.25, -0.2) is 9.97 Å². The lowest BCUT2D eigenvalue weighted by Crippen LogP contribution is -2.55. The summed E-state index contributed by atoms with van der Waals surface area (Å²) < 4.78 is 44.9. The molecular weight excluding hydrogens is 431 g/mol. The molecule has 0 aliphatic carbocycles. The molecule has 0 radical (unpaired) electrons. The predicted octanol–water partition coefficient (Wildman–Crippen LogP) is 1.34. The van der Waals surface area contributed by atoms with Gasteiger partial charge in [0.05, 0.1) is 13.7 Å². The van der Waals surface area contributed by atoms with E-state index in [0.717, 1.165) is 0 Å². The number of hydrogen-bond acceptors (Lipinski definition) is 8. The van der Waals surface area contributed by atoms with Gasteiger partial charge in [-0.15, -0.1) is 0 Å². The van der Waals surface area contributed by atoms with Crippen LogP contribution in [0.2, 0.25) is 0 Å². The second-order valence-corrected chi connectivity index (χ2v) is 7.87. The van der Waals surface area contributed by atoms with E-state index in [-0.39, 0.29) is 54.7 Å². The van der Waals surface area contributed by atoms with Gasteiger partial charge in [0.1, 0.15) is 23.4 Å². The fraction of sp³-hybridized carbons (Fsp3) is 0.474. The standard InChI is InChI=1S/C19H22F3N7O3/c1-10-7-11(26-15-13(32-2)14(23)24-9-25-15)17(31)29-12(10)16(30)27-18(29)3-5-28(6-4-18)8-19(20,21)22/h7,9H,3-6,8H2,1-2H3,(H,27,30)(H3,23,24,25,26). The summed E-state index contributed by atoms with van der Waals surface area (Å²) in [5.41, 5.74) is 5.03. The van der Waals surface area contributed by atoms with Crippen LogP contribution in [0.3, 0.4) is 0 Å². The molecule has 172 valence electrons. The molecule has 4 rings (SSSR count). The molecule has 0 saturated carbocycles. The lowest BCUT2D eigenvalue weighted by atomic mass is 9.96. The summed E-state index contributed by atoms with van der Waals surface area (Å²) in [5, 5.41) is 5.73. The average molecular weight is 453 g/mol. The van der Waals surface area contributed by atoms with Crippen LogP contribution in [0.25, 0.3) is 0 Å². The highest BCUT2D eigenvalue weighted by Gasteiger charge is 2.47. The molecule has 13 heteroatoms. The molecule has 0 unspecified atom stereocenters. The van der Waals surface area contributed by atoms with E-state index in [1.165, 1.54) is 29.0 Å². The van der Waals surface area contributed by atoms with Crippen LogP contribution in [0, 0.1) is 6.92 Å². The van der Waals surface area contributed by atoms with E-state index < -0.39 is 29.9 Å². The second kappa shape index (κ2) is 7.65. The van der Waals surface area contributed by atoms with Crippen LogP contribution in [-0.2, 0) is 5.66 Å². The van der Waals surface area contributed by atoms with Crippen LogP contribution in [0.5, 0.6) is 5.75 Å². The number of aryl methyl sites for hydroxylation is 1. The SMILES string of the molecule is COc1c(N)ncnc1Nc1cc(C)c2n(c1=O)C1(CCN(CC(F)(F)F)CC1)NC2=O. The van der Waals surface area contributed by atoms with Crippen LogP contribution in [0.4, 0.5) is 30.5 Å². The smallest absolute Gasteiger partial charge is 0.401 e. The topological polar surface area (TPSA) is 127 Å². The van der Waals surface area contributed by atoms with Crippen molar-refractivity contribution in [3.63, 3.8) is 0 Å². The number of rotatable bonds is 4. The Bertz CT molecular complexity index is 1120. The Hall–Kier alpha value is -3.35. The third kappa shape index (κ3) is 3.72. The molecule has 1 fully saturated rings. The number of fused-ring (bicyclic) bond motifs is 2. The second-order valence-electron chi connectivity index (χ2n) is 7.87. The fourth-order valence-electron chi connectivity index (χ4n) is 4.34. The number of hydrogen-bond donors (Lipinski definition) is 3. The van der Waals surface area contributed by atoms with Crippen molar-refractivity contribution < 1.29 is 22.7 Å². The van der Waals surface area contributed by atoms with Crippen molar-refractivity contribution in [1.82, 2.24) is 24.8 Å². The van der Waals surface area contributed by atoms with Crippen molar-refractivity contribution in [2.24, 2.45) is 0 Å². The number of carbonyl (C=O) groups is 1. The van der Waals surface area contributed by atoms with Gasteiger partial charge in [-0.3, -0.25) is 19.1 Å². The Labute approximate surface area is 180 Å². The number of piperidine rings is 1. The molecule has 4 heterocycles. The summed E-state index contributed by atoms with van der Waals surface area (Å²) in [4.78, 5) is 35.3. The number of anilines is 3. The van der Waals surface area contributed by atoms with Gasteiger partial charge in [-0.1, -0.05) is 0 Å². The number of carbonyl (C=O) groups excluding carboxylic acids is 1. The number of nitrogens with one attached hydrogen (secondary N) is 2. The first kappa shape index (κ1) is 21.9. The molecule has 1 spiro atoms. The van der Waals surface area contributed by atoms with Gasteiger partial charge in [0.25, 0.3) is 11.5 Å². The zero-order chi connectivity index (χ0) is 23.3. The highest BCUT2D eigenvalue weighted by atomic mass is 19.4. The van der Waals surface area contributed by atoms with Crippen LogP contribution in [-0.4, -0.2) is 58.3 Å². The number of ether oxygens (including phenoxy) is 1. The van der Waals surface area contributed by atoms with E-state index in [9.17, 15) is 22.8 Å². The number of alkyl halides is 3. The van der Waals surface area contributed by atoms with Gasteiger partial charge in [0.15, 0.2) is 11.6 Å². The fourth-order valence-corrected chi connectivity index (χ4v) is 4.34. The summed E-state index contributed by atoms with van der Waals surface area (Å²) in [5.74, 6) is -0.0320. The van der Waals surface area contributed by atoms with Crippen LogP contribution >= 0.6 is 0 Å². The van der Waals surface area contributed by atoms with E-state index in [0.29, 0.717) is 5.56 Å². The quantitative estimate of drug-likeness (QED) is 0.633. The number of likely N-dealkylation sites (tertiary alicyclic amines) is 1. The molecule has 2 aromatic rings. The number of nitrogen functional groups attached to an aromatic ring is 1. The molecule has 2 aromatic heterocycles. The Morgan fingerprint density at radius 2 is 1.97 bits per heavy atom. The minimum absolute atomic E-state index is 0.0772. The highest BCUT2D eigenvalue weighted by molar-refractivity contribution is 5.97. The first-order valence-electron chi connectivity index (χ1n) is 9.85. The Morgan fingerprint density at radius 3 is 2.59 bits per heavy atom. The average Bonchev–Trinajstić information content (AvgIpc) is 2.99. The molecule has 2 aliphatic heterocycles. The molecule has 1 amide bonds. The molecular formula is C19H22F3N7O3. The first-order valence-corrected chi connectivity index (χ1v) is 9.85. The van der Waals surface area contributed by atoms with Gasteiger partial charge in [-0.2, -0.15) is 13.2 Å². The Morgan fingerprint density at radius 1 is 1.28 bits per heavy atom. The van der Waals surface area contributed by atoms with Gasteiger partial charge < -0.3 is 21.1 Å². The zero-order valence-electron chi connectivity index (χ0n) is 17.4. The maximum atomic E-state index is 13.4. The molecule has 0 aromatic carbocycles. The van der Waals surface area contributed by atoms with Crippen molar-refractivity contribution >= 4 is 23.2 Å². The van der Waals surface area contributed by atoms with E-state index in [1.807, 2.05) is 0 Å². The number of methoxy groups -OCH3 is 1. The van der Waals surface area contributed by atoms with Crippen molar-refractivity contribution in [3.05, 3.63) is 34.0 Å². The molecule has 10 nitrogen and oxygen atoms in total. The van der Waals surface area contributed by atoms with Gasteiger partial charge in [0.2, 0.25) is 5.75 Å². The number of aromatic nitrogens is 3. The maximum Gasteiger partial charge on any atom is 0.401 e. The van der Waals surface area contributed by atoms with Gasteiger partial charge >= 0.3 is 6.18 Å². The third-order valence-corrected chi connectivity index (χ3v) is 5.76. The number of nitrogens with two attached hydrogens (primary N) is 1. The van der Waals surface area contributed by atoms with Crippen molar-refractivity contribution in [3.8, 4) is 5.75 Å². The van der Waals surface area contributed by atoms with Gasteiger partial charge in [-0.05, 0) is 18.6 Å². The summed E-state index contributed by atoms with van der Waals surface area (Å²) in [6, 6.07) is 1.52. The van der Waals surface area contributed by atoms with Crippen molar-refractivity contribution in [2.45, 2.75) is 31.6 Å². The predicted molar refractivity (Wildman–Crippen MR) is 109 cm³/mol. The maximum absolute atomic E-state index is 13.4. The van der Waals surface area contributed by atoms with Crippen LogP contribution in [0.1, 0.15) is 28.9 Å². The van der Waals surface area contributed by atoms with Crippen LogP contribution < -0.4 is 26.7 Å². The highest BCUT2D eigenvalue weighted by Crippen LogP contribution is 2.35. The van der Waals surface area contributed by atoms with E-state index in [2.05, 4.69) is 20.6 Å². The monoisotopic (exact) mass is 453 g/mol. The van der Waals surface area contributed by atoms with E-state index >= 15 is 0 Å². The first-order chi connectivity index (χ1) is 15.0. The van der Waals surface area contributed by atoms with E-state index in [1.54, 1.807) is 6.92 Å². The minimum atomic E-state index is -4.32. The molecule has 4 N–H and O–H groups in total. The Balaban J connectivity index is 1.71. The minimum Gasteiger partial charge on any atom is -0.490 e. The zero-order valence-corrected chi connectivity index (χ0v) is 17.4. The molecule has 0 atom stereocenters. The van der Waals surface area contributed by atoms with Crippen molar-refractivity contribution in [2.75, 3.05) is 37.8 Å².